The standard InChI is InChI=1S/C19H15F3N2O4S/c20-19(21,22)11-2-4-15-12(6-11)24-18(26)16(29-15)7-17(25)23-8-10-1-3-13-14(5-10)28-9-27-13/h1-6,16H,7-9H2,(H,23,25)(H,24,26)/t16-/m1/s1. The Morgan fingerprint density at radius 3 is 2.76 bits per heavy atom. The number of anilines is 1. The number of amides is 2. The van der Waals surface area contributed by atoms with E-state index in [9.17, 15) is 22.8 Å². The van der Waals surface area contributed by atoms with E-state index in [4.69, 9.17) is 9.47 Å². The second-order valence-electron chi connectivity index (χ2n) is 6.47. The topological polar surface area (TPSA) is 76.7 Å². The molecule has 2 aromatic carbocycles. The molecule has 152 valence electrons. The minimum atomic E-state index is -4.49. The number of nitrogens with one attached hydrogen (secondary N) is 2. The van der Waals surface area contributed by atoms with Gasteiger partial charge >= 0.3 is 6.18 Å². The number of alkyl halides is 3. The number of rotatable bonds is 4. The first-order valence-electron chi connectivity index (χ1n) is 8.63. The van der Waals surface area contributed by atoms with Crippen LogP contribution < -0.4 is 20.1 Å². The first-order chi connectivity index (χ1) is 13.8. The predicted molar refractivity (Wildman–Crippen MR) is 98.7 cm³/mol. The molecule has 10 heteroatoms. The fraction of sp³-hybridized carbons (Fsp3) is 0.263. The van der Waals surface area contributed by atoms with Crippen molar-refractivity contribution in [2.75, 3.05) is 12.1 Å². The summed E-state index contributed by atoms with van der Waals surface area (Å²) in [6.45, 7) is 0.408. The number of fused-ring (bicyclic) bond motifs is 2. The van der Waals surface area contributed by atoms with Gasteiger partial charge in [-0.25, -0.2) is 0 Å². The monoisotopic (exact) mass is 424 g/mol. The van der Waals surface area contributed by atoms with Gasteiger partial charge in [0.1, 0.15) is 0 Å². The predicted octanol–water partition coefficient (Wildman–Crippen LogP) is 3.55. The summed E-state index contributed by atoms with van der Waals surface area (Å²) in [5, 5.41) is 4.47. The Morgan fingerprint density at radius 2 is 1.97 bits per heavy atom. The third kappa shape index (κ3) is 4.26. The number of carbonyl (C=O) groups excluding carboxylic acids is 2. The number of thioether (sulfide) groups is 1. The molecule has 2 aromatic rings. The summed E-state index contributed by atoms with van der Waals surface area (Å²) in [4.78, 5) is 25.0. The van der Waals surface area contributed by atoms with Gasteiger partial charge in [-0.3, -0.25) is 9.59 Å². The van der Waals surface area contributed by atoms with Crippen LogP contribution in [0.15, 0.2) is 41.3 Å². The largest absolute Gasteiger partial charge is 0.454 e. The molecule has 29 heavy (non-hydrogen) atoms. The van der Waals surface area contributed by atoms with E-state index in [1.165, 1.54) is 6.07 Å². The minimum absolute atomic E-state index is 0.0957. The Morgan fingerprint density at radius 1 is 1.17 bits per heavy atom. The van der Waals surface area contributed by atoms with Gasteiger partial charge in [-0.2, -0.15) is 13.2 Å². The summed E-state index contributed by atoms with van der Waals surface area (Å²) in [6.07, 6.45) is -4.59. The Kier molecular flexibility index (Phi) is 5.03. The fourth-order valence-electron chi connectivity index (χ4n) is 2.95. The van der Waals surface area contributed by atoms with Crippen molar-refractivity contribution in [3.05, 3.63) is 47.5 Å². The lowest BCUT2D eigenvalue weighted by Gasteiger charge is -2.24. The number of ether oxygens (including phenoxy) is 2. The van der Waals surface area contributed by atoms with E-state index in [0.717, 1.165) is 29.5 Å². The molecule has 0 aromatic heterocycles. The molecule has 4 rings (SSSR count). The number of carbonyl (C=O) groups is 2. The highest BCUT2D eigenvalue weighted by Gasteiger charge is 2.34. The van der Waals surface area contributed by atoms with Crippen molar-refractivity contribution in [1.29, 1.82) is 0 Å². The summed E-state index contributed by atoms with van der Waals surface area (Å²) < 4.78 is 49.0. The van der Waals surface area contributed by atoms with Crippen LogP contribution in [0.25, 0.3) is 0 Å². The molecule has 2 N–H and O–H groups in total. The quantitative estimate of drug-likeness (QED) is 0.785. The summed E-state index contributed by atoms with van der Waals surface area (Å²) in [5.41, 5.74) is 0.0808. The van der Waals surface area contributed by atoms with Gasteiger partial charge in [-0.05, 0) is 35.9 Å². The van der Waals surface area contributed by atoms with Crippen molar-refractivity contribution in [3.8, 4) is 11.5 Å². The third-order valence-corrected chi connectivity index (χ3v) is 5.70. The molecule has 0 aliphatic carbocycles. The van der Waals surface area contributed by atoms with Gasteiger partial charge in [-0.1, -0.05) is 6.07 Å². The normalized spacial score (nSPS) is 17.5. The maximum atomic E-state index is 12.8. The van der Waals surface area contributed by atoms with Crippen LogP contribution in [0.2, 0.25) is 0 Å². The number of hydrogen-bond acceptors (Lipinski definition) is 5. The van der Waals surface area contributed by atoms with Crippen molar-refractivity contribution >= 4 is 29.3 Å². The first kappa shape index (κ1) is 19.4. The molecule has 6 nitrogen and oxygen atoms in total. The van der Waals surface area contributed by atoms with Gasteiger partial charge in [-0.15, -0.1) is 11.8 Å². The molecule has 0 bridgehead atoms. The molecule has 0 spiro atoms. The molecule has 0 radical (unpaired) electrons. The van der Waals surface area contributed by atoms with Crippen molar-refractivity contribution in [3.63, 3.8) is 0 Å². The molecule has 0 saturated carbocycles. The zero-order valence-electron chi connectivity index (χ0n) is 14.8. The molecule has 2 aliphatic rings. The van der Waals surface area contributed by atoms with Gasteiger partial charge in [0.15, 0.2) is 11.5 Å². The van der Waals surface area contributed by atoms with Crippen LogP contribution in [0, 0.1) is 0 Å². The molecule has 2 heterocycles. The Hall–Kier alpha value is -2.88. The van der Waals surface area contributed by atoms with Crippen LogP contribution >= 0.6 is 11.8 Å². The SMILES string of the molecule is O=C(C[C@H]1Sc2ccc(C(F)(F)F)cc2NC1=O)NCc1ccc2c(c1)OCO2. The highest BCUT2D eigenvalue weighted by Crippen LogP contribution is 2.40. The average molecular weight is 424 g/mol. The number of benzene rings is 2. The highest BCUT2D eigenvalue weighted by molar-refractivity contribution is 8.01. The molecule has 2 amide bonds. The Bertz CT molecular complexity index is 980. The maximum absolute atomic E-state index is 12.8. The lowest BCUT2D eigenvalue weighted by atomic mass is 10.1. The molecule has 1 atom stereocenters. The summed E-state index contributed by atoms with van der Waals surface area (Å²) in [7, 11) is 0. The Balaban J connectivity index is 1.36. The van der Waals surface area contributed by atoms with Crippen LogP contribution in [0.5, 0.6) is 11.5 Å². The van der Waals surface area contributed by atoms with Crippen LogP contribution in [-0.2, 0) is 22.3 Å². The average Bonchev–Trinajstić information content (AvgIpc) is 3.13. The first-order valence-corrected chi connectivity index (χ1v) is 9.51. The second-order valence-corrected chi connectivity index (χ2v) is 7.72. The summed E-state index contributed by atoms with van der Waals surface area (Å²) in [6, 6.07) is 8.47. The Labute approximate surface area is 167 Å². The molecule has 2 aliphatic heterocycles. The maximum Gasteiger partial charge on any atom is 0.416 e. The van der Waals surface area contributed by atoms with Gasteiger partial charge in [0, 0.05) is 17.9 Å². The van der Waals surface area contributed by atoms with Crippen molar-refractivity contribution in [1.82, 2.24) is 5.32 Å². The fourth-order valence-corrected chi connectivity index (χ4v) is 4.04. The molecule has 0 fully saturated rings. The zero-order chi connectivity index (χ0) is 20.6. The third-order valence-electron chi connectivity index (χ3n) is 4.42. The van der Waals surface area contributed by atoms with Crippen LogP contribution in [0.1, 0.15) is 17.5 Å². The summed E-state index contributed by atoms with van der Waals surface area (Å²) >= 11 is 1.07. The van der Waals surface area contributed by atoms with E-state index < -0.39 is 22.9 Å². The number of halogens is 3. The van der Waals surface area contributed by atoms with Gasteiger partial charge in [0.2, 0.25) is 18.6 Å². The van der Waals surface area contributed by atoms with E-state index in [1.807, 2.05) is 0 Å². The van der Waals surface area contributed by atoms with Crippen molar-refractivity contribution in [2.45, 2.75) is 29.3 Å². The van der Waals surface area contributed by atoms with Crippen LogP contribution in [0.3, 0.4) is 0 Å². The van der Waals surface area contributed by atoms with Crippen LogP contribution in [-0.4, -0.2) is 23.9 Å². The smallest absolute Gasteiger partial charge is 0.416 e. The minimum Gasteiger partial charge on any atom is -0.454 e. The molecule has 0 saturated heterocycles. The number of hydrogen-bond donors (Lipinski definition) is 2. The van der Waals surface area contributed by atoms with Gasteiger partial charge in [0.25, 0.3) is 0 Å². The molecule has 0 unspecified atom stereocenters. The van der Waals surface area contributed by atoms with E-state index in [-0.39, 0.29) is 31.4 Å². The van der Waals surface area contributed by atoms with Crippen molar-refractivity contribution < 1.29 is 32.2 Å². The van der Waals surface area contributed by atoms with E-state index >= 15 is 0 Å². The van der Waals surface area contributed by atoms with E-state index in [1.54, 1.807) is 18.2 Å². The molecular formula is C19H15F3N2O4S. The van der Waals surface area contributed by atoms with Gasteiger partial charge in [0.05, 0.1) is 16.5 Å². The van der Waals surface area contributed by atoms with Crippen LogP contribution in [0.4, 0.5) is 18.9 Å². The second kappa shape index (κ2) is 7.51. The summed E-state index contributed by atoms with van der Waals surface area (Å²) in [5.74, 6) is 0.405. The lowest BCUT2D eigenvalue weighted by Crippen LogP contribution is -2.34. The van der Waals surface area contributed by atoms with E-state index in [2.05, 4.69) is 10.6 Å². The lowest BCUT2D eigenvalue weighted by molar-refractivity contribution is -0.137. The highest BCUT2D eigenvalue weighted by atomic mass is 32.2. The zero-order valence-corrected chi connectivity index (χ0v) is 15.7. The molecular weight excluding hydrogens is 409 g/mol. The van der Waals surface area contributed by atoms with E-state index in [0.29, 0.717) is 16.4 Å². The van der Waals surface area contributed by atoms with Crippen molar-refractivity contribution in [2.24, 2.45) is 0 Å². The van der Waals surface area contributed by atoms with Gasteiger partial charge < -0.3 is 20.1 Å².